The average Bonchev–Trinajstić information content (AvgIpc) is 2.87. The predicted molar refractivity (Wildman–Crippen MR) is 85.6 cm³/mol. The van der Waals surface area contributed by atoms with Crippen LogP contribution in [0.15, 0.2) is 16.3 Å². The molecule has 1 fully saturated rings. The molecule has 2 rings (SSSR count). The Bertz CT molecular complexity index is 583. The van der Waals surface area contributed by atoms with E-state index in [1.807, 2.05) is 0 Å². The van der Waals surface area contributed by atoms with Gasteiger partial charge >= 0.3 is 0 Å². The molecule has 0 amide bonds. The van der Waals surface area contributed by atoms with Crippen molar-refractivity contribution in [1.29, 1.82) is 0 Å². The monoisotopic (exact) mass is 333 g/mol. The Kier molecular flexibility index (Phi) is 5.14. The summed E-state index contributed by atoms with van der Waals surface area (Å²) in [6.45, 7) is 2.50. The molecule has 0 radical (unpaired) electrons. The van der Waals surface area contributed by atoms with Crippen LogP contribution in [0.5, 0.6) is 0 Å². The molecule has 0 aliphatic carbocycles. The lowest BCUT2D eigenvalue weighted by Gasteiger charge is -2.29. The minimum Gasteiger partial charge on any atom is -0.389 e. The number of thiophene rings is 1. The highest BCUT2D eigenvalue weighted by molar-refractivity contribution is 7.91. The first-order chi connectivity index (χ1) is 9.38. The molecule has 1 atom stereocenters. The molecule has 1 aromatic rings. The number of rotatable bonds is 5. The first kappa shape index (κ1) is 15.8. The van der Waals surface area contributed by atoms with Gasteiger partial charge in [-0.3, -0.25) is 0 Å². The number of piperidine rings is 1. The molecular weight excluding hydrogens is 314 g/mol. The van der Waals surface area contributed by atoms with Crippen LogP contribution < -0.4 is 10.5 Å². The van der Waals surface area contributed by atoms with Crippen molar-refractivity contribution in [2.75, 3.05) is 26.7 Å². The third kappa shape index (κ3) is 3.98. The number of thiocarbonyl (C=S) groups is 1. The fraction of sp³-hybridized carbons (Fsp3) is 0.583. The van der Waals surface area contributed by atoms with Gasteiger partial charge in [0, 0.05) is 13.1 Å². The van der Waals surface area contributed by atoms with Gasteiger partial charge in [-0.1, -0.05) is 12.2 Å². The van der Waals surface area contributed by atoms with Crippen LogP contribution in [0.1, 0.15) is 17.7 Å². The topological polar surface area (TPSA) is 75.4 Å². The van der Waals surface area contributed by atoms with Crippen LogP contribution in [-0.4, -0.2) is 45.0 Å². The maximum absolute atomic E-state index is 12.2. The molecule has 5 nitrogen and oxygen atoms in total. The van der Waals surface area contributed by atoms with Gasteiger partial charge in [-0.15, -0.1) is 11.3 Å². The summed E-state index contributed by atoms with van der Waals surface area (Å²) in [5.41, 5.74) is 5.50. The third-order valence-electron chi connectivity index (χ3n) is 3.37. The zero-order chi connectivity index (χ0) is 14.8. The maximum atomic E-state index is 12.2. The molecule has 0 saturated carbocycles. The molecular formula is C12H19N3O2S3. The predicted octanol–water partition coefficient (Wildman–Crippen LogP) is 1.00. The van der Waals surface area contributed by atoms with Gasteiger partial charge in [-0.25, -0.2) is 13.1 Å². The van der Waals surface area contributed by atoms with Crippen LogP contribution in [0.2, 0.25) is 0 Å². The summed E-state index contributed by atoms with van der Waals surface area (Å²) in [5.74, 6) is 0.374. The zero-order valence-electron chi connectivity index (χ0n) is 11.3. The quantitative estimate of drug-likeness (QED) is 0.787. The van der Waals surface area contributed by atoms with Crippen LogP contribution in [0.25, 0.3) is 0 Å². The number of sulfonamides is 1. The Morgan fingerprint density at radius 2 is 2.35 bits per heavy atom. The van der Waals surface area contributed by atoms with E-state index in [9.17, 15) is 8.42 Å². The van der Waals surface area contributed by atoms with Gasteiger partial charge in [0.25, 0.3) is 0 Å². The van der Waals surface area contributed by atoms with E-state index in [4.69, 9.17) is 18.0 Å². The lowest BCUT2D eigenvalue weighted by molar-refractivity contribution is 0.211. The van der Waals surface area contributed by atoms with Crippen LogP contribution in [-0.2, 0) is 10.0 Å². The Morgan fingerprint density at radius 3 is 2.95 bits per heavy atom. The van der Waals surface area contributed by atoms with Crippen molar-refractivity contribution in [2.24, 2.45) is 11.7 Å². The molecule has 0 spiro atoms. The average molecular weight is 334 g/mol. The van der Waals surface area contributed by atoms with Crippen LogP contribution in [0.3, 0.4) is 0 Å². The number of nitrogens with zero attached hydrogens (tertiary/aromatic N) is 1. The Labute approximate surface area is 129 Å². The number of nitrogens with two attached hydrogens (primary N) is 1. The van der Waals surface area contributed by atoms with E-state index < -0.39 is 10.0 Å². The van der Waals surface area contributed by atoms with E-state index in [0.29, 0.717) is 17.3 Å². The van der Waals surface area contributed by atoms with Crippen molar-refractivity contribution in [3.05, 3.63) is 17.0 Å². The van der Waals surface area contributed by atoms with Crippen molar-refractivity contribution >= 4 is 38.6 Å². The number of hydrogen-bond donors (Lipinski definition) is 2. The van der Waals surface area contributed by atoms with Gasteiger partial charge in [0.1, 0.15) is 9.20 Å². The molecule has 1 saturated heterocycles. The molecule has 8 heteroatoms. The standard InChI is InChI=1S/C12H19N3O2S3/c1-15-6-2-3-9(8-15)7-14-20(16,17)11-5-4-10(19-11)12(13)18/h4-5,9,14H,2-3,6-8H2,1H3,(H2,13,18). The SMILES string of the molecule is CN1CCCC(CNS(=O)(=O)c2ccc(C(N)=S)s2)C1. The maximum Gasteiger partial charge on any atom is 0.250 e. The Hall–Kier alpha value is -0.540. The van der Waals surface area contributed by atoms with Gasteiger partial charge in [-0.05, 0) is 44.5 Å². The highest BCUT2D eigenvalue weighted by Crippen LogP contribution is 2.22. The number of hydrogen-bond acceptors (Lipinski definition) is 5. The third-order valence-corrected chi connectivity index (χ3v) is 6.76. The van der Waals surface area contributed by atoms with E-state index >= 15 is 0 Å². The minimum atomic E-state index is -3.46. The lowest BCUT2D eigenvalue weighted by Crippen LogP contribution is -2.38. The number of likely N-dealkylation sites (tertiary alicyclic amines) is 1. The van der Waals surface area contributed by atoms with Gasteiger partial charge in [0.2, 0.25) is 10.0 Å². The summed E-state index contributed by atoms with van der Waals surface area (Å²) in [5, 5.41) is 0. The van der Waals surface area contributed by atoms with E-state index in [2.05, 4.69) is 16.7 Å². The zero-order valence-corrected chi connectivity index (χ0v) is 13.8. The van der Waals surface area contributed by atoms with E-state index in [1.54, 1.807) is 12.1 Å². The van der Waals surface area contributed by atoms with Crippen molar-refractivity contribution in [3.8, 4) is 0 Å². The smallest absolute Gasteiger partial charge is 0.250 e. The normalized spacial score (nSPS) is 20.9. The summed E-state index contributed by atoms with van der Waals surface area (Å²) < 4.78 is 27.3. The first-order valence-corrected chi connectivity index (χ1v) is 9.17. The van der Waals surface area contributed by atoms with Crippen molar-refractivity contribution < 1.29 is 8.42 Å². The summed E-state index contributed by atoms with van der Waals surface area (Å²) in [6, 6.07) is 3.20. The summed E-state index contributed by atoms with van der Waals surface area (Å²) in [7, 11) is -1.39. The highest BCUT2D eigenvalue weighted by Gasteiger charge is 2.22. The fourth-order valence-corrected chi connectivity index (χ4v) is 4.85. The van der Waals surface area contributed by atoms with Crippen molar-refractivity contribution in [3.63, 3.8) is 0 Å². The summed E-state index contributed by atoms with van der Waals surface area (Å²) in [6.07, 6.45) is 2.18. The Morgan fingerprint density at radius 1 is 1.60 bits per heavy atom. The van der Waals surface area contributed by atoms with Gasteiger partial charge in [0.15, 0.2) is 0 Å². The van der Waals surface area contributed by atoms with Crippen LogP contribution in [0, 0.1) is 5.92 Å². The molecule has 1 unspecified atom stereocenters. The van der Waals surface area contributed by atoms with Crippen LogP contribution in [0.4, 0.5) is 0 Å². The second-order valence-corrected chi connectivity index (χ2v) is 8.62. The molecule has 2 heterocycles. The second-order valence-electron chi connectivity index (χ2n) is 5.11. The minimum absolute atomic E-state index is 0.227. The molecule has 0 bridgehead atoms. The molecule has 20 heavy (non-hydrogen) atoms. The molecule has 3 N–H and O–H groups in total. The van der Waals surface area contributed by atoms with Gasteiger partial charge < -0.3 is 10.6 Å². The lowest BCUT2D eigenvalue weighted by atomic mass is 9.99. The van der Waals surface area contributed by atoms with E-state index in [1.165, 1.54) is 0 Å². The Balaban J connectivity index is 1.98. The summed E-state index contributed by atoms with van der Waals surface area (Å²) in [4.78, 5) is 3.08. The molecule has 1 aliphatic heterocycles. The molecule has 1 aliphatic rings. The van der Waals surface area contributed by atoms with Crippen molar-refractivity contribution in [2.45, 2.75) is 17.1 Å². The van der Waals surface area contributed by atoms with Crippen LogP contribution >= 0.6 is 23.6 Å². The van der Waals surface area contributed by atoms with E-state index in [-0.39, 0.29) is 9.20 Å². The molecule has 112 valence electrons. The molecule has 0 aromatic carbocycles. The van der Waals surface area contributed by atoms with Gasteiger partial charge in [-0.2, -0.15) is 0 Å². The second kappa shape index (κ2) is 6.48. The highest BCUT2D eigenvalue weighted by atomic mass is 32.2. The molecule has 1 aromatic heterocycles. The van der Waals surface area contributed by atoms with Crippen molar-refractivity contribution in [1.82, 2.24) is 9.62 Å². The summed E-state index contributed by atoms with van der Waals surface area (Å²) >= 11 is 5.95. The largest absolute Gasteiger partial charge is 0.389 e. The number of nitrogens with one attached hydrogen (secondary N) is 1. The van der Waals surface area contributed by atoms with Gasteiger partial charge in [0.05, 0.1) is 4.88 Å². The van der Waals surface area contributed by atoms with E-state index in [0.717, 1.165) is 37.3 Å². The fourth-order valence-electron chi connectivity index (χ4n) is 2.34. The first-order valence-electron chi connectivity index (χ1n) is 6.46.